The summed E-state index contributed by atoms with van der Waals surface area (Å²) in [5, 5.41) is 0. The lowest BCUT2D eigenvalue weighted by atomic mass is 9.95. The Morgan fingerprint density at radius 2 is 1.50 bits per heavy atom. The van der Waals surface area contributed by atoms with Gasteiger partial charge in [-0.2, -0.15) is 0 Å². The highest BCUT2D eigenvalue weighted by molar-refractivity contribution is 5.31. The first-order chi connectivity index (χ1) is 7.93. The lowest BCUT2D eigenvalue weighted by Gasteiger charge is -2.25. The molecule has 3 rings (SSSR count). The second kappa shape index (κ2) is 4.11. The highest BCUT2D eigenvalue weighted by atomic mass is 16.5. The standard InChI is InChI=1S/C15H14O/c1-2-6-12(7-3-1)15-10-13-8-4-5-9-14(13)11-16-15/h1-9,15H,10-11H2/t15-/m1/s1. The molecule has 1 atom stereocenters. The van der Waals surface area contributed by atoms with Crippen LogP contribution in [-0.2, 0) is 17.8 Å². The maximum Gasteiger partial charge on any atom is 0.0869 e. The molecule has 16 heavy (non-hydrogen) atoms. The van der Waals surface area contributed by atoms with E-state index in [9.17, 15) is 0 Å². The molecule has 0 unspecified atom stereocenters. The first kappa shape index (κ1) is 9.61. The molecule has 2 aromatic rings. The fourth-order valence-electron chi connectivity index (χ4n) is 2.23. The van der Waals surface area contributed by atoms with Crippen molar-refractivity contribution in [2.45, 2.75) is 19.1 Å². The van der Waals surface area contributed by atoms with E-state index in [-0.39, 0.29) is 6.10 Å². The third-order valence-electron chi connectivity index (χ3n) is 3.14. The molecule has 0 bridgehead atoms. The maximum absolute atomic E-state index is 5.89. The Bertz CT molecular complexity index is 476. The van der Waals surface area contributed by atoms with Crippen LogP contribution in [0.15, 0.2) is 54.6 Å². The zero-order valence-corrected chi connectivity index (χ0v) is 9.10. The maximum atomic E-state index is 5.89. The molecular weight excluding hydrogens is 196 g/mol. The third kappa shape index (κ3) is 1.74. The smallest absolute Gasteiger partial charge is 0.0869 e. The number of ether oxygens (including phenoxy) is 1. The van der Waals surface area contributed by atoms with Gasteiger partial charge in [0.2, 0.25) is 0 Å². The van der Waals surface area contributed by atoms with E-state index in [0.29, 0.717) is 0 Å². The van der Waals surface area contributed by atoms with Gasteiger partial charge in [0.05, 0.1) is 12.7 Å². The van der Waals surface area contributed by atoms with Gasteiger partial charge >= 0.3 is 0 Å². The van der Waals surface area contributed by atoms with E-state index in [1.165, 1.54) is 16.7 Å². The molecule has 1 aliphatic rings. The van der Waals surface area contributed by atoms with Gasteiger partial charge in [-0.05, 0) is 16.7 Å². The molecule has 1 heterocycles. The lowest BCUT2D eigenvalue weighted by molar-refractivity contribution is 0.0274. The Kier molecular flexibility index (Phi) is 2.47. The molecule has 0 radical (unpaired) electrons. The Morgan fingerprint density at radius 1 is 0.812 bits per heavy atom. The van der Waals surface area contributed by atoms with Gasteiger partial charge in [0, 0.05) is 6.42 Å². The fourth-order valence-corrected chi connectivity index (χ4v) is 2.23. The predicted octanol–water partition coefficient (Wildman–Crippen LogP) is 3.50. The number of fused-ring (bicyclic) bond motifs is 1. The van der Waals surface area contributed by atoms with Crippen LogP contribution in [0, 0.1) is 0 Å². The van der Waals surface area contributed by atoms with Gasteiger partial charge < -0.3 is 4.74 Å². The van der Waals surface area contributed by atoms with Crippen LogP contribution in [-0.4, -0.2) is 0 Å². The normalized spacial score (nSPS) is 19.1. The van der Waals surface area contributed by atoms with Crippen LogP contribution in [0.5, 0.6) is 0 Å². The van der Waals surface area contributed by atoms with E-state index < -0.39 is 0 Å². The van der Waals surface area contributed by atoms with Gasteiger partial charge in [-0.15, -0.1) is 0 Å². The Balaban J connectivity index is 1.89. The van der Waals surface area contributed by atoms with Crippen molar-refractivity contribution >= 4 is 0 Å². The average molecular weight is 210 g/mol. The van der Waals surface area contributed by atoms with E-state index in [1.54, 1.807) is 0 Å². The van der Waals surface area contributed by atoms with Crippen LogP contribution in [0.1, 0.15) is 22.8 Å². The summed E-state index contributed by atoms with van der Waals surface area (Å²) in [5.41, 5.74) is 4.02. The number of benzene rings is 2. The minimum atomic E-state index is 0.219. The number of rotatable bonds is 1. The zero-order valence-electron chi connectivity index (χ0n) is 9.10. The highest BCUT2D eigenvalue weighted by Gasteiger charge is 2.19. The average Bonchev–Trinajstić information content (AvgIpc) is 2.39. The van der Waals surface area contributed by atoms with E-state index in [4.69, 9.17) is 4.74 Å². The van der Waals surface area contributed by atoms with Crippen LogP contribution >= 0.6 is 0 Å². The van der Waals surface area contributed by atoms with Gasteiger partial charge in [0.1, 0.15) is 0 Å². The van der Waals surface area contributed by atoms with Crippen molar-refractivity contribution in [3.05, 3.63) is 71.3 Å². The quantitative estimate of drug-likeness (QED) is 0.700. The second-order valence-electron chi connectivity index (χ2n) is 4.18. The van der Waals surface area contributed by atoms with E-state index >= 15 is 0 Å². The van der Waals surface area contributed by atoms with Crippen molar-refractivity contribution in [2.24, 2.45) is 0 Å². The summed E-state index contributed by atoms with van der Waals surface area (Å²) in [6.45, 7) is 0.732. The molecule has 2 aromatic carbocycles. The molecule has 1 aliphatic heterocycles. The topological polar surface area (TPSA) is 9.23 Å². The molecule has 80 valence electrons. The summed E-state index contributed by atoms with van der Waals surface area (Å²) in [5.74, 6) is 0. The highest BCUT2D eigenvalue weighted by Crippen LogP contribution is 2.29. The molecule has 0 aromatic heterocycles. The van der Waals surface area contributed by atoms with Crippen LogP contribution < -0.4 is 0 Å². The van der Waals surface area contributed by atoms with Gasteiger partial charge in [-0.3, -0.25) is 0 Å². The van der Waals surface area contributed by atoms with Crippen LogP contribution in [0.25, 0.3) is 0 Å². The first-order valence-electron chi connectivity index (χ1n) is 5.67. The summed E-state index contributed by atoms with van der Waals surface area (Å²) >= 11 is 0. The summed E-state index contributed by atoms with van der Waals surface area (Å²) in [7, 11) is 0. The molecule has 0 N–H and O–H groups in total. The summed E-state index contributed by atoms with van der Waals surface area (Å²) < 4.78 is 5.89. The summed E-state index contributed by atoms with van der Waals surface area (Å²) in [6, 6.07) is 19.0. The molecule has 0 saturated carbocycles. The predicted molar refractivity (Wildman–Crippen MR) is 64.1 cm³/mol. The molecule has 0 saturated heterocycles. The van der Waals surface area contributed by atoms with Crippen LogP contribution in [0.3, 0.4) is 0 Å². The molecule has 0 fully saturated rings. The van der Waals surface area contributed by atoms with Gasteiger partial charge in [-0.1, -0.05) is 54.6 Å². The van der Waals surface area contributed by atoms with E-state index in [0.717, 1.165) is 13.0 Å². The molecule has 1 heteroatoms. The van der Waals surface area contributed by atoms with Gasteiger partial charge in [0.25, 0.3) is 0 Å². The van der Waals surface area contributed by atoms with Crippen LogP contribution in [0.2, 0.25) is 0 Å². The SMILES string of the molecule is c1ccc([C@H]2Cc3ccccc3CO2)cc1. The number of hydrogen-bond donors (Lipinski definition) is 0. The van der Waals surface area contributed by atoms with Crippen molar-refractivity contribution < 1.29 is 4.74 Å². The Morgan fingerprint density at radius 3 is 2.31 bits per heavy atom. The van der Waals surface area contributed by atoms with Gasteiger partial charge in [0.15, 0.2) is 0 Å². The zero-order chi connectivity index (χ0) is 10.8. The van der Waals surface area contributed by atoms with Crippen molar-refractivity contribution in [3.8, 4) is 0 Å². The Labute approximate surface area is 95.7 Å². The van der Waals surface area contributed by atoms with Crippen molar-refractivity contribution in [2.75, 3.05) is 0 Å². The van der Waals surface area contributed by atoms with Crippen molar-refractivity contribution in [1.29, 1.82) is 0 Å². The minimum absolute atomic E-state index is 0.219. The van der Waals surface area contributed by atoms with E-state index in [1.807, 2.05) is 6.07 Å². The lowest BCUT2D eigenvalue weighted by Crippen LogP contribution is -2.15. The summed E-state index contributed by atoms with van der Waals surface area (Å²) in [4.78, 5) is 0. The first-order valence-corrected chi connectivity index (χ1v) is 5.67. The van der Waals surface area contributed by atoms with Crippen molar-refractivity contribution in [3.63, 3.8) is 0 Å². The second-order valence-corrected chi connectivity index (χ2v) is 4.18. The van der Waals surface area contributed by atoms with Gasteiger partial charge in [-0.25, -0.2) is 0 Å². The third-order valence-corrected chi connectivity index (χ3v) is 3.14. The molecule has 0 amide bonds. The summed E-state index contributed by atoms with van der Waals surface area (Å²) in [6.07, 6.45) is 1.20. The molecule has 0 spiro atoms. The number of hydrogen-bond acceptors (Lipinski definition) is 1. The Hall–Kier alpha value is -1.60. The van der Waals surface area contributed by atoms with E-state index in [2.05, 4.69) is 48.5 Å². The fraction of sp³-hybridized carbons (Fsp3) is 0.200. The minimum Gasteiger partial charge on any atom is -0.368 e. The molecular formula is C15H14O. The van der Waals surface area contributed by atoms with Crippen molar-refractivity contribution in [1.82, 2.24) is 0 Å². The molecule has 1 nitrogen and oxygen atoms in total. The van der Waals surface area contributed by atoms with Crippen LogP contribution in [0.4, 0.5) is 0 Å². The molecule has 0 aliphatic carbocycles. The largest absolute Gasteiger partial charge is 0.368 e. The monoisotopic (exact) mass is 210 g/mol.